The molecule has 5 heteroatoms. The van der Waals surface area contributed by atoms with E-state index in [0.717, 1.165) is 11.1 Å². The van der Waals surface area contributed by atoms with Crippen molar-refractivity contribution in [1.82, 2.24) is 5.16 Å². The maximum atomic E-state index is 12.1. The zero-order valence-corrected chi connectivity index (χ0v) is 12.7. The molecule has 5 nitrogen and oxygen atoms in total. The van der Waals surface area contributed by atoms with E-state index in [9.17, 15) is 4.79 Å². The molecule has 0 unspecified atom stereocenters. The average Bonchev–Trinajstić information content (AvgIpc) is 3.03. The Morgan fingerprint density at radius 3 is 2.74 bits per heavy atom. The van der Waals surface area contributed by atoms with E-state index < -0.39 is 0 Å². The summed E-state index contributed by atoms with van der Waals surface area (Å²) in [4.78, 5) is 12.1. The second-order valence-corrected chi connectivity index (χ2v) is 5.13. The molecule has 1 amide bonds. The number of rotatable bonds is 5. The first kappa shape index (κ1) is 14.8. The number of carbonyl (C=O) groups excluding carboxylic acids is 1. The Morgan fingerprint density at radius 2 is 1.96 bits per heavy atom. The van der Waals surface area contributed by atoms with Crippen LogP contribution in [0.5, 0.6) is 5.88 Å². The number of hydrogen-bond acceptors (Lipinski definition) is 4. The second-order valence-electron chi connectivity index (χ2n) is 5.13. The standard InChI is InChI=1S/C18H16N2O3/c1-13-6-5-9-15(10-13)19-18(21)16-11-17(20-23-16)22-12-14-7-3-2-4-8-14/h2-11H,12H2,1H3,(H,19,21). The summed E-state index contributed by atoms with van der Waals surface area (Å²) in [5.74, 6) is 0.0236. The first-order chi connectivity index (χ1) is 11.2. The Morgan fingerprint density at radius 1 is 1.13 bits per heavy atom. The Labute approximate surface area is 133 Å². The summed E-state index contributed by atoms with van der Waals surface area (Å²) in [6.45, 7) is 2.33. The molecule has 0 bridgehead atoms. The minimum absolute atomic E-state index is 0.106. The molecule has 3 aromatic rings. The quantitative estimate of drug-likeness (QED) is 0.778. The van der Waals surface area contributed by atoms with Crippen molar-refractivity contribution in [2.75, 3.05) is 5.32 Å². The zero-order chi connectivity index (χ0) is 16.1. The second kappa shape index (κ2) is 6.79. The molecule has 0 atom stereocenters. The lowest BCUT2D eigenvalue weighted by atomic mass is 10.2. The fraction of sp³-hybridized carbons (Fsp3) is 0.111. The number of nitrogens with zero attached hydrogens (tertiary/aromatic N) is 1. The Bertz CT molecular complexity index is 797. The number of anilines is 1. The van der Waals surface area contributed by atoms with Gasteiger partial charge in [0.2, 0.25) is 5.76 Å². The third-order valence-corrected chi connectivity index (χ3v) is 3.22. The van der Waals surface area contributed by atoms with Crippen LogP contribution < -0.4 is 10.1 Å². The molecule has 0 aliphatic rings. The van der Waals surface area contributed by atoms with Gasteiger partial charge in [0, 0.05) is 5.69 Å². The van der Waals surface area contributed by atoms with Gasteiger partial charge in [0.1, 0.15) is 6.61 Å². The summed E-state index contributed by atoms with van der Waals surface area (Å²) in [6.07, 6.45) is 0. The van der Waals surface area contributed by atoms with Gasteiger partial charge in [-0.3, -0.25) is 4.79 Å². The number of hydrogen-bond donors (Lipinski definition) is 1. The van der Waals surface area contributed by atoms with Crippen LogP contribution in [0, 0.1) is 6.92 Å². The molecule has 1 aromatic heterocycles. The maximum absolute atomic E-state index is 12.1. The molecule has 0 spiro atoms. The van der Waals surface area contributed by atoms with Gasteiger partial charge in [-0.2, -0.15) is 0 Å². The van der Waals surface area contributed by atoms with Crippen molar-refractivity contribution in [1.29, 1.82) is 0 Å². The van der Waals surface area contributed by atoms with Crippen molar-refractivity contribution in [2.45, 2.75) is 13.5 Å². The summed E-state index contributed by atoms with van der Waals surface area (Å²) >= 11 is 0. The van der Waals surface area contributed by atoms with Crippen LogP contribution in [0.2, 0.25) is 0 Å². The largest absolute Gasteiger partial charge is 0.471 e. The lowest BCUT2D eigenvalue weighted by molar-refractivity contribution is 0.0987. The van der Waals surface area contributed by atoms with E-state index >= 15 is 0 Å². The van der Waals surface area contributed by atoms with Crippen LogP contribution in [0.1, 0.15) is 21.7 Å². The number of amides is 1. The first-order valence-corrected chi connectivity index (χ1v) is 7.22. The Balaban J connectivity index is 1.61. The molecule has 0 aliphatic heterocycles. The topological polar surface area (TPSA) is 64.4 Å². The van der Waals surface area contributed by atoms with Crippen LogP contribution in [0.4, 0.5) is 5.69 Å². The molecule has 0 aliphatic carbocycles. The zero-order valence-electron chi connectivity index (χ0n) is 12.7. The Kier molecular flexibility index (Phi) is 4.38. The third kappa shape index (κ3) is 3.97. The van der Waals surface area contributed by atoms with Crippen LogP contribution in [-0.4, -0.2) is 11.1 Å². The van der Waals surface area contributed by atoms with Gasteiger partial charge in [0.15, 0.2) is 0 Å². The summed E-state index contributed by atoms with van der Waals surface area (Å²) in [7, 11) is 0. The SMILES string of the molecule is Cc1cccc(NC(=O)c2cc(OCc3ccccc3)no2)c1. The first-order valence-electron chi connectivity index (χ1n) is 7.22. The molecule has 2 aromatic carbocycles. The van der Waals surface area contributed by atoms with Gasteiger partial charge in [-0.05, 0) is 35.3 Å². The number of benzene rings is 2. The highest BCUT2D eigenvalue weighted by Crippen LogP contribution is 2.16. The van der Waals surface area contributed by atoms with Crippen LogP contribution in [0.25, 0.3) is 0 Å². The molecule has 116 valence electrons. The maximum Gasteiger partial charge on any atom is 0.294 e. The number of carbonyl (C=O) groups is 1. The smallest absolute Gasteiger partial charge is 0.294 e. The lowest BCUT2D eigenvalue weighted by Gasteiger charge is -2.03. The normalized spacial score (nSPS) is 10.3. The van der Waals surface area contributed by atoms with Crippen molar-refractivity contribution >= 4 is 11.6 Å². The number of nitrogens with one attached hydrogen (secondary N) is 1. The predicted octanol–water partition coefficient (Wildman–Crippen LogP) is 3.81. The van der Waals surface area contributed by atoms with Crippen molar-refractivity contribution in [3.8, 4) is 5.88 Å². The van der Waals surface area contributed by atoms with E-state index in [1.54, 1.807) is 0 Å². The molecule has 0 saturated carbocycles. The van der Waals surface area contributed by atoms with Gasteiger partial charge < -0.3 is 14.6 Å². The van der Waals surface area contributed by atoms with Gasteiger partial charge in [-0.25, -0.2) is 0 Å². The van der Waals surface area contributed by atoms with Gasteiger partial charge in [0.25, 0.3) is 11.8 Å². The summed E-state index contributed by atoms with van der Waals surface area (Å²) in [5.41, 5.74) is 2.78. The highest BCUT2D eigenvalue weighted by molar-refractivity contribution is 6.02. The van der Waals surface area contributed by atoms with Crippen molar-refractivity contribution in [2.24, 2.45) is 0 Å². The highest BCUT2D eigenvalue weighted by Gasteiger charge is 2.14. The Hall–Kier alpha value is -3.08. The summed E-state index contributed by atoms with van der Waals surface area (Å²) in [6, 6.07) is 18.7. The van der Waals surface area contributed by atoms with Gasteiger partial charge in [-0.15, -0.1) is 0 Å². The van der Waals surface area contributed by atoms with Crippen molar-refractivity contribution in [3.63, 3.8) is 0 Å². The molecule has 0 fully saturated rings. The summed E-state index contributed by atoms with van der Waals surface area (Å²) in [5, 5.41) is 6.51. The summed E-state index contributed by atoms with van der Waals surface area (Å²) < 4.78 is 10.5. The van der Waals surface area contributed by atoms with Crippen LogP contribution in [-0.2, 0) is 6.61 Å². The molecule has 23 heavy (non-hydrogen) atoms. The number of aryl methyl sites for hydroxylation is 1. The highest BCUT2D eigenvalue weighted by atomic mass is 16.5. The average molecular weight is 308 g/mol. The fourth-order valence-corrected chi connectivity index (χ4v) is 2.08. The minimum Gasteiger partial charge on any atom is -0.471 e. The van der Waals surface area contributed by atoms with E-state index in [0.29, 0.717) is 12.3 Å². The van der Waals surface area contributed by atoms with Crippen LogP contribution in [0.3, 0.4) is 0 Å². The lowest BCUT2D eigenvalue weighted by Crippen LogP contribution is -2.10. The van der Waals surface area contributed by atoms with E-state index in [2.05, 4.69) is 10.5 Å². The fourth-order valence-electron chi connectivity index (χ4n) is 2.08. The van der Waals surface area contributed by atoms with Gasteiger partial charge in [-0.1, -0.05) is 42.5 Å². The molecular formula is C18H16N2O3. The molecule has 3 rings (SSSR count). The molecule has 1 N–H and O–H groups in total. The monoisotopic (exact) mass is 308 g/mol. The number of ether oxygens (including phenoxy) is 1. The van der Waals surface area contributed by atoms with E-state index in [1.807, 2.05) is 61.5 Å². The third-order valence-electron chi connectivity index (χ3n) is 3.22. The van der Waals surface area contributed by atoms with Crippen LogP contribution >= 0.6 is 0 Å². The van der Waals surface area contributed by atoms with Crippen LogP contribution in [0.15, 0.2) is 65.2 Å². The van der Waals surface area contributed by atoms with E-state index in [1.165, 1.54) is 6.07 Å². The van der Waals surface area contributed by atoms with Crippen molar-refractivity contribution < 1.29 is 14.1 Å². The molecule has 0 radical (unpaired) electrons. The number of aromatic nitrogens is 1. The minimum atomic E-state index is -0.363. The molecule has 0 saturated heterocycles. The van der Waals surface area contributed by atoms with E-state index in [-0.39, 0.29) is 17.5 Å². The van der Waals surface area contributed by atoms with Crippen molar-refractivity contribution in [3.05, 3.63) is 77.6 Å². The predicted molar refractivity (Wildman–Crippen MR) is 86.4 cm³/mol. The molecular weight excluding hydrogens is 292 g/mol. The van der Waals surface area contributed by atoms with Gasteiger partial charge in [0.05, 0.1) is 6.07 Å². The molecule has 1 heterocycles. The van der Waals surface area contributed by atoms with E-state index in [4.69, 9.17) is 9.26 Å². The van der Waals surface area contributed by atoms with Gasteiger partial charge >= 0.3 is 0 Å².